The number of rotatable bonds is 2. The fraction of sp³-hybridized carbons (Fsp3) is 0.400. The first-order chi connectivity index (χ1) is 5.79. The van der Waals surface area contributed by atoms with Crippen LogP contribution in [-0.4, -0.2) is 5.11 Å². The summed E-state index contributed by atoms with van der Waals surface area (Å²) in [7, 11) is 0. The minimum absolute atomic E-state index is 0.348. The average molecular weight is 183 g/mol. The third kappa shape index (κ3) is 1.47. The summed E-state index contributed by atoms with van der Waals surface area (Å²) in [5, 5.41) is 10.4. The maximum atomic E-state index is 9.76. The van der Waals surface area contributed by atoms with Crippen molar-refractivity contribution in [2.75, 3.05) is 0 Å². The Morgan fingerprint density at radius 1 is 1.33 bits per heavy atom. The van der Waals surface area contributed by atoms with Gasteiger partial charge in [0.05, 0.1) is 6.10 Å². The lowest BCUT2D eigenvalue weighted by molar-refractivity contribution is 0.154. The Balaban J connectivity index is 2.25. The summed E-state index contributed by atoms with van der Waals surface area (Å²) in [5.74, 6) is 0.449. The Morgan fingerprint density at radius 2 is 2.00 bits per heavy atom. The van der Waals surface area contributed by atoms with Crippen molar-refractivity contribution in [3.05, 3.63) is 34.9 Å². The molecule has 1 saturated carbocycles. The van der Waals surface area contributed by atoms with E-state index in [0.717, 1.165) is 18.4 Å². The van der Waals surface area contributed by atoms with Crippen molar-refractivity contribution in [3.8, 4) is 0 Å². The third-order valence-electron chi connectivity index (χ3n) is 2.29. The molecule has 1 atom stereocenters. The zero-order valence-corrected chi connectivity index (χ0v) is 7.46. The quantitative estimate of drug-likeness (QED) is 0.746. The second-order valence-corrected chi connectivity index (χ2v) is 3.71. The average Bonchev–Trinajstić information content (AvgIpc) is 2.86. The summed E-state index contributed by atoms with van der Waals surface area (Å²) in [6.07, 6.45) is 1.91. The molecule has 0 heterocycles. The van der Waals surface area contributed by atoms with Crippen molar-refractivity contribution in [2.45, 2.75) is 18.9 Å². The van der Waals surface area contributed by atoms with Gasteiger partial charge >= 0.3 is 0 Å². The molecule has 1 N–H and O–H groups in total. The molecule has 0 aromatic heterocycles. The van der Waals surface area contributed by atoms with Gasteiger partial charge < -0.3 is 5.11 Å². The lowest BCUT2D eigenvalue weighted by atomic mass is 10.1. The Labute approximate surface area is 77.0 Å². The molecule has 0 saturated heterocycles. The van der Waals surface area contributed by atoms with Crippen molar-refractivity contribution >= 4 is 11.6 Å². The van der Waals surface area contributed by atoms with Crippen LogP contribution in [0.25, 0.3) is 0 Å². The van der Waals surface area contributed by atoms with Gasteiger partial charge in [-0.15, -0.1) is 0 Å². The van der Waals surface area contributed by atoms with Crippen molar-refractivity contribution in [2.24, 2.45) is 5.92 Å². The summed E-state index contributed by atoms with van der Waals surface area (Å²) in [4.78, 5) is 0. The first-order valence-electron chi connectivity index (χ1n) is 4.21. The number of halogens is 1. The van der Waals surface area contributed by atoms with Crippen LogP contribution in [0.3, 0.4) is 0 Å². The zero-order chi connectivity index (χ0) is 8.55. The lowest BCUT2D eigenvalue weighted by Crippen LogP contribution is -1.99. The molecule has 64 valence electrons. The van der Waals surface area contributed by atoms with Crippen molar-refractivity contribution in [1.29, 1.82) is 0 Å². The monoisotopic (exact) mass is 182 g/mol. The van der Waals surface area contributed by atoms with Crippen LogP contribution in [0.4, 0.5) is 0 Å². The number of hydrogen-bond acceptors (Lipinski definition) is 1. The molecule has 12 heavy (non-hydrogen) atoms. The Hall–Kier alpha value is -0.530. The van der Waals surface area contributed by atoms with Crippen LogP contribution in [0, 0.1) is 5.92 Å². The van der Waals surface area contributed by atoms with Gasteiger partial charge in [0.15, 0.2) is 0 Å². The van der Waals surface area contributed by atoms with Gasteiger partial charge in [0, 0.05) is 5.02 Å². The summed E-state index contributed by atoms with van der Waals surface area (Å²) in [6, 6.07) is 7.51. The van der Waals surface area contributed by atoms with E-state index < -0.39 is 0 Å². The van der Waals surface area contributed by atoms with E-state index in [1.54, 1.807) is 0 Å². The van der Waals surface area contributed by atoms with Crippen LogP contribution in [-0.2, 0) is 0 Å². The molecule has 2 rings (SSSR count). The predicted molar refractivity (Wildman–Crippen MR) is 49.1 cm³/mol. The third-order valence-corrected chi connectivity index (χ3v) is 2.64. The van der Waals surface area contributed by atoms with E-state index in [1.165, 1.54) is 0 Å². The lowest BCUT2D eigenvalue weighted by Gasteiger charge is -2.10. The minimum Gasteiger partial charge on any atom is -0.388 e. The van der Waals surface area contributed by atoms with E-state index >= 15 is 0 Å². The highest BCUT2D eigenvalue weighted by Gasteiger charge is 2.31. The standard InChI is InChI=1S/C10H11ClO/c11-9-4-2-1-3-8(9)10(12)7-5-6-7/h1-4,7,10,12H,5-6H2/t10-/m1/s1. The molecule has 0 amide bonds. The van der Waals surface area contributed by atoms with Gasteiger partial charge in [-0.2, -0.15) is 0 Å². The second kappa shape index (κ2) is 3.08. The molecule has 0 aliphatic heterocycles. The fourth-order valence-electron chi connectivity index (χ4n) is 1.38. The molecule has 0 unspecified atom stereocenters. The topological polar surface area (TPSA) is 20.2 Å². The fourth-order valence-corrected chi connectivity index (χ4v) is 1.63. The molecule has 0 bridgehead atoms. The molecule has 2 heteroatoms. The Bertz CT molecular complexity index is 281. The van der Waals surface area contributed by atoms with E-state index in [1.807, 2.05) is 24.3 Å². The molecule has 0 spiro atoms. The maximum Gasteiger partial charge on any atom is 0.0832 e. The molecule has 1 aliphatic rings. The van der Waals surface area contributed by atoms with Gasteiger partial charge in [-0.3, -0.25) is 0 Å². The minimum atomic E-state index is -0.348. The van der Waals surface area contributed by atoms with Gasteiger partial charge in [-0.25, -0.2) is 0 Å². The van der Waals surface area contributed by atoms with Gasteiger partial charge in [-0.1, -0.05) is 29.8 Å². The molecule has 1 fully saturated rings. The highest BCUT2D eigenvalue weighted by molar-refractivity contribution is 6.31. The second-order valence-electron chi connectivity index (χ2n) is 3.30. The zero-order valence-electron chi connectivity index (χ0n) is 6.70. The highest BCUT2D eigenvalue weighted by Crippen LogP contribution is 2.42. The van der Waals surface area contributed by atoms with Crippen LogP contribution >= 0.6 is 11.6 Å². The first-order valence-corrected chi connectivity index (χ1v) is 4.59. The van der Waals surface area contributed by atoms with Gasteiger partial charge in [-0.05, 0) is 30.4 Å². The molecule has 1 aliphatic carbocycles. The van der Waals surface area contributed by atoms with E-state index in [4.69, 9.17) is 11.6 Å². The Morgan fingerprint density at radius 3 is 2.58 bits per heavy atom. The Kier molecular flexibility index (Phi) is 2.07. The van der Waals surface area contributed by atoms with Gasteiger partial charge in [0.2, 0.25) is 0 Å². The van der Waals surface area contributed by atoms with Crippen molar-refractivity contribution in [3.63, 3.8) is 0 Å². The van der Waals surface area contributed by atoms with Crippen LogP contribution in [0.5, 0.6) is 0 Å². The van der Waals surface area contributed by atoms with Crippen LogP contribution in [0.1, 0.15) is 24.5 Å². The summed E-state index contributed by atoms with van der Waals surface area (Å²) in [5.41, 5.74) is 0.877. The van der Waals surface area contributed by atoms with Gasteiger partial charge in [0.25, 0.3) is 0 Å². The van der Waals surface area contributed by atoms with E-state index in [-0.39, 0.29) is 6.10 Å². The number of hydrogen-bond donors (Lipinski definition) is 1. The predicted octanol–water partition coefficient (Wildman–Crippen LogP) is 2.78. The number of aliphatic hydroxyl groups excluding tert-OH is 1. The number of aliphatic hydroxyl groups is 1. The van der Waals surface area contributed by atoms with E-state index in [2.05, 4.69) is 0 Å². The largest absolute Gasteiger partial charge is 0.388 e. The van der Waals surface area contributed by atoms with Crippen LogP contribution < -0.4 is 0 Å². The molecule has 0 radical (unpaired) electrons. The smallest absolute Gasteiger partial charge is 0.0832 e. The summed E-state index contributed by atoms with van der Waals surface area (Å²) in [6.45, 7) is 0. The summed E-state index contributed by atoms with van der Waals surface area (Å²) < 4.78 is 0. The molecular weight excluding hydrogens is 172 g/mol. The summed E-state index contributed by atoms with van der Waals surface area (Å²) >= 11 is 5.93. The normalized spacial score (nSPS) is 19.2. The molecule has 1 nitrogen and oxygen atoms in total. The molecule has 1 aromatic rings. The van der Waals surface area contributed by atoms with E-state index in [9.17, 15) is 5.11 Å². The molecular formula is C10H11ClO. The SMILES string of the molecule is O[C@@H](c1ccccc1Cl)C1CC1. The van der Waals surface area contributed by atoms with Crippen LogP contribution in [0.2, 0.25) is 5.02 Å². The maximum absolute atomic E-state index is 9.76. The highest BCUT2D eigenvalue weighted by atomic mass is 35.5. The van der Waals surface area contributed by atoms with Crippen molar-refractivity contribution < 1.29 is 5.11 Å². The number of benzene rings is 1. The van der Waals surface area contributed by atoms with Crippen LogP contribution in [0.15, 0.2) is 24.3 Å². The van der Waals surface area contributed by atoms with E-state index in [0.29, 0.717) is 10.9 Å². The van der Waals surface area contributed by atoms with Crippen molar-refractivity contribution in [1.82, 2.24) is 0 Å². The molecule has 1 aromatic carbocycles. The first kappa shape index (κ1) is 8.09. The van der Waals surface area contributed by atoms with Gasteiger partial charge in [0.1, 0.15) is 0 Å².